The van der Waals surface area contributed by atoms with Crippen LogP contribution in [-0.2, 0) is 9.53 Å². The van der Waals surface area contributed by atoms with Gasteiger partial charge in [-0.05, 0) is 24.6 Å². The average Bonchev–Trinajstić information content (AvgIpc) is 2.33. The Hall–Kier alpha value is -0.720. The molecule has 0 unspecified atom stereocenters. The molecule has 0 bridgehead atoms. The fourth-order valence-corrected chi connectivity index (χ4v) is 2.45. The Labute approximate surface area is 120 Å². The first kappa shape index (κ1) is 15.3. The van der Waals surface area contributed by atoms with Crippen molar-refractivity contribution in [2.24, 2.45) is 0 Å². The number of hydrogen-bond donors (Lipinski definition) is 2. The molecule has 3 N–H and O–H groups in total. The average molecular weight is 333 g/mol. The third-order valence-electron chi connectivity index (χ3n) is 2.18. The first-order chi connectivity index (χ1) is 8.63. The molecule has 1 rings (SSSR count). The molecule has 0 heterocycles. The predicted octanol–water partition coefficient (Wildman–Crippen LogP) is 2.28. The lowest BCUT2D eigenvalue weighted by Crippen LogP contribution is -2.26. The smallest absolute Gasteiger partial charge is 0.230 e. The van der Waals surface area contributed by atoms with Crippen LogP contribution in [0.15, 0.2) is 27.6 Å². The van der Waals surface area contributed by atoms with E-state index in [0.29, 0.717) is 24.6 Å². The van der Waals surface area contributed by atoms with Crippen molar-refractivity contribution in [2.45, 2.75) is 11.3 Å². The topological polar surface area (TPSA) is 64.3 Å². The summed E-state index contributed by atoms with van der Waals surface area (Å²) in [6.07, 6.45) is 0.827. The van der Waals surface area contributed by atoms with Gasteiger partial charge in [-0.2, -0.15) is 0 Å². The molecule has 0 aromatic heterocycles. The van der Waals surface area contributed by atoms with Gasteiger partial charge in [-0.15, -0.1) is 11.8 Å². The van der Waals surface area contributed by atoms with Gasteiger partial charge in [-0.3, -0.25) is 4.79 Å². The van der Waals surface area contributed by atoms with Gasteiger partial charge < -0.3 is 15.8 Å². The molecule has 18 heavy (non-hydrogen) atoms. The summed E-state index contributed by atoms with van der Waals surface area (Å²) >= 11 is 4.78. The molecule has 1 aromatic rings. The fourth-order valence-electron chi connectivity index (χ4n) is 1.29. The molecule has 0 aliphatic rings. The molecule has 100 valence electrons. The van der Waals surface area contributed by atoms with E-state index in [0.717, 1.165) is 15.8 Å². The van der Waals surface area contributed by atoms with Crippen molar-refractivity contribution in [1.82, 2.24) is 5.32 Å². The minimum atomic E-state index is 0.0124. The molecule has 0 saturated carbocycles. The molecule has 0 saturated heterocycles. The first-order valence-electron chi connectivity index (χ1n) is 5.57. The highest BCUT2D eigenvalue weighted by atomic mass is 79.9. The van der Waals surface area contributed by atoms with E-state index in [-0.39, 0.29) is 5.91 Å². The zero-order valence-corrected chi connectivity index (χ0v) is 12.6. The SMILES string of the molecule is COCCCNC(=O)CSc1ccc(Br)cc1N. The molecule has 1 amide bonds. The Bertz CT molecular complexity index is 402. The number of methoxy groups -OCH3 is 1. The van der Waals surface area contributed by atoms with E-state index in [1.165, 1.54) is 11.8 Å². The molecule has 0 atom stereocenters. The predicted molar refractivity (Wildman–Crippen MR) is 78.8 cm³/mol. The van der Waals surface area contributed by atoms with Crippen LogP contribution in [0.5, 0.6) is 0 Å². The van der Waals surface area contributed by atoms with Gasteiger partial charge in [0.2, 0.25) is 5.91 Å². The van der Waals surface area contributed by atoms with Crippen LogP contribution in [0.2, 0.25) is 0 Å². The highest BCUT2D eigenvalue weighted by Crippen LogP contribution is 2.27. The van der Waals surface area contributed by atoms with E-state index in [4.69, 9.17) is 10.5 Å². The number of ether oxygens (including phenoxy) is 1. The van der Waals surface area contributed by atoms with Crippen molar-refractivity contribution in [3.63, 3.8) is 0 Å². The van der Waals surface area contributed by atoms with Crippen molar-refractivity contribution < 1.29 is 9.53 Å². The molecule has 0 spiro atoms. The summed E-state index contributed by atoms with van der Waals surface area (Å²) in [5.41, 5.74) is 6.53. The van der Waals surface area contributed by atoms with Crippen LogP contribution >= 0.6 is 27.7 Å². The number of nitrogens with two attached hydrogens (primary N) is 1. The molecular weight excluding hydrogens is 316 g/mol. The second-order valence-corrected chi connectivity index (χ2v) is 5.60. The summed E-state index contributed by atoms with van der Waals surface area (Å²) in [6, 6.07) is 5.65. The summed E-state index contributed by atoms with van der Waals surface area (Å²) in [6.45, 7) is 1.30. The van der Waals surface area contributed by atoms with E-state index >= 15 is 0 Å². The Morgan fingerprint density at radius 1 is 1.56 bits per heavy atom. The first-order valence-corrected chi connectivity index (χ1v) is 7.35. The Morgan fingerprint density at radius 2 is 2.33 bits per heavy atom. The van der Waals surface area contributed by atoms with Crippen LogP contribution in [0.3, 0.4) is 0 Å². The van der Waals surface area contributed by atoms with Crippen LogP contribution in [-0.4, -0.2) is 31.9 Å². The lowest BCUT2D eigenvalue weighted by molar-refractivity contribution is -0.118. The Balaban J connectivity index is 2.29. The van der Waals surface area contributed by atoms with Crippen LogP contribution in [0, 0.1) is 0 Å². The molecule has 0 fully saturated rings. The van der Waals surface area contributed by atoms with E-state index in [9.17, 15) is 4.79 Å². The second kappa shape index (κ2) is 8.39. The monoisotopic (exact) mass is 332 g/mol. The van der Waals surface area contributed by atoms with Gasteiger partial charge in [-0.1, -0.05) is 15.9 Å². The van der Waals surface area contributed by atoms with Gasteiger partial charge in [0, 0.05) is 35.3 Å². The van der Waals surface area contributed by atoms with Gasteiger partial charge >= 0.3 is 0 Å². The number of thioether (sulfide) groups is 1. The Morgan fingerprint density at radius 3 is 3.00 bits per heavy atom. The molecule has 0 aliphatic carbocycles. The van der Waals surface area contributed by atoms with Crippen LogP contribution < -0.4 is 11.1 Å². The molecule has 1 aromatic carbocycles. The van der Waals surface area contributed by atoms with Gasteiger partial charge in [-0.25, -0.2) is 0 Å². The van der Waals surface area contributed by atoms with Gasteiger partial charge in [0.15, 0.2) is 0 Å². The quantitative estimate of drug-likeness (QED) is 0.456. The summed E-state index contributed by atoms with van der Waals surface area (Å²) in [5.74, 6) is 0.386. The van der Waals surface area contributed by atoms with Crippen molar-refractivity contribution in [3.8, 4) is 0 Å². The van der Waals surface area contributed by atoms with E-state index in [1.54, 1.807) is 7.11 Å². The van der Waals surface area contributed by atoms with Crippen molar-refractivity contribution in [3.05, 3.63) is 22.7 Å². The highest BCUT2D eigenvalue weighted by molar-refractivity contribution is 9.10. The molecule has 0 aliphatic heterocycles. The lowest BCUT2D eigenvalue weighted by atomic mass is 10.3. The zero-order valence-electron chi connectivity index (χ0n) is 10.2. The number of nitrogens with one attached hydrogen (secondary N) is 1. The minimum absolute atomic E-state index is 0.0124. The number of amides is 1. The van der Waals surface area contributed by atoms with Crippen molar-refractivity contribution in [1.29, 1.82) is 0 Å². The maximum atomic E-state index is 11.5. The van der Waals surface area contributed by atoms with E-state index in [2.05, 4.69) is 21.2 Å². The van der Waals surface area contributed by atoms with Gasteiger partial charge in [0.25, 0.3) is 0 Å². The normalized spacial score (nSPS) is 10.3. The Kier molecular flexibility index (Phi) is 7.15. The van der Waals surface area contributed by atoms with Crippen molar-refractivity contribution >= 4 is 39.3 Å². The maximum absolute atomic E-state index is 11.5. The molecule has 0 radical (unpaired) electrons. The lowest BCUT2D eigenvalue weighted by Gasteiger charge is -2.07. The summed E-state index contributed by atoms with van der Waals surface area (Å²) in [7, 11) is 1.65. The van der Waals surface area contributed by atoms with E-state index in [1.807, 2.05) is 18.2 Å². The minimum Gasteiger partial charge on any atom is -0.398 e. The van der Waals surface area contributed by atoms with Crippen molar-refractivity contribution in [2.75, 3.05) is 31.7 Å². The fraction of sp³-hybridized carbons (Fsp3) is 0.417. The number of rotatable bonds is 7. The standard InChI is InChI=1S/C12H17BrN2O2S/c1-17-6-2-5-15-12(16)8-18-11-4-3-9(13)7-10(11)14/h3-4,7H,2,5-6,8,14H2,1H3,(H,15,16). The van der Waals surface area contributed by atoms with Gasteiger partial charge in [0.1, 0.15) is 0 Å². The number of benzene rings is 1. The summed E-state index contributed by atoms with van der Waals surface area (Å²) in [4.78, 5) is 12.5. The van der Waals surface area contributed by atoms with Crippen LogP contribution in [0.4, 0.5) is 5.69 Å². The third-order valence-corrected chi connectivity index (χ3v) is 3.76. The number of carbonyl (C=O) groups is 1. The largest absolute Gasteiger partial charge is 0.398 e. The number of hydrogen-bond acceptors (Lipinski definition) is 4. The van der Waals surface area contributed by atoms with E-state index < -0.39 is 0 Å². The highest BCUT2D eigenvalue weighted by Gasteiger charge is 2.05. The number of anilines is 1. The molecular formula is C12H17BrN2O2S. The summed E-state index contributed by atoms with van der Waals surface area (Å²) in [5, 5.41) is 2.83. The number of nitrogen functional groups attached to an aromatic ring is 1. The molecule has 4 nitrogen and oxygen atoms in total. The number of halogens is 1. The second-order valence-electron chi connectivity index (χ2n) is 3.67. The third kappa shape index (κ3) is 5.75. The summed E-state index contributed by atoms with van der Waals surface area (Å²) < 4.78 is 5.84. The maximum Gasteiger partial charge on any atom is 0.230 e. The van der Waals surface area contributed by atoms with Gasteiger partial charge in [0.05, 0.1) is 5.75 Å². The van der Waals surface area contributed by atoms with Crippen LogP contribution in [0.25, 0.3) is 0 Å². The number of carbonyl (C=O) groups excluding carboxylic acids is 1. The zero-order chi connectivity index (χ0) is 13.4. The van der Waals surface area contributed by atoms with Crippen LogP contribution in [0.1, 0.15) is 6.42 Å². The molecule has 6 heteroatoms.